The first-order valence-corrected chi connectivity index (χ1v) is 16.7. The molecule has 4 heterocycles. The highest BCUT2D eigenvalue weighted by molar-refractivity contribution is 9.10. The second-order valence-electron chi connectivity index (χ2n) is 12.2. The average Bonchev–Trinajstić information content (AvgIpc) is 3.06. The predicted octanol–water partition coefficient (Wildman–Crippen LogP) is 7.37. The van der Waals surface area contributed by atoms with E-state index in [2.05, 4.69) is 91.7 Å². The molecule has 0 unspecified atom stereocenters. The molecule has 3 aromatic carbocycles. The lowest BCUT2D eigenvalue weighted by atomic mass is 9.71. The van der Waals surface area contributed by atoms with E-state index >= 15 is 0 Å². The molecule has 230 valence electrons. The summed E-state index contributed by atoms with van der Waals surface area (Å²) in [6.45, 7) is 7.66. The lowest BCUT2D eigenvalue weighted by Gasteiger charge is -2.58. The highest BCUT2D eigenvalue weighted by Gasteiger charge is 2.54. The fraction of sp³-hybridized carbons (Fsp3) is 0.361. The number of benzene rings is 3. The zero-order valence-electron chi connectivity index (χ0n) is 25.5. The lowest BCUT2D eigenvalue weighted by molar-refractivity contribution is -0.985. The van der Waals surface area contributed by atoms with Gasteiger partial charge in [-0.3, -0.25) is 0 Å². The molecular weight excluding hydrogens is 684 g/mol. The van der Waals surface area contributed by atoms with Crippen molar-refractivity contribution in [2.75, 3.05) is 34.4 Å². The summed E-state index contributed by atoms with van der Waals surface area (Å²) in [6, 6.07) is 20.5. The summed E-state index contributed by atoms with van der Waals surface area (Å²) >= 11 is 7.53. The number of hydrogen-bond donors (Lipinski definition) is 1. The highest BCUT2D eigenvalue weighted by Crippen LogP contribution is 2.48. The van der Waals surface area contributed by atoms with Gasteiger partial charge in [0.15, 0.2) is 12.7 Å². The largest absolute Gasteiger partial charge is 0.497 e. The smallest absolute Gasteiger partial charge is 0.213 e. The van der Waals surface area contributed by atoms with E-state index in [9.17, 15) is 5.11 Å². The molecule has 3 fully saturated rings. The monoisotopic (exact) mass is 722 g/mol. The van der Waals surface area contributed by atoms with Crippen molar-refractivity contribution < 1.29 is 28.4 Å². The van der Waals surface area contributed by atoms with Crippen LogP contribution in [0.4, 0.5) is 0 Å². The van der Waals surface area contributed by atoms with Gasteiger partial charge in [-0.2, -0.15) is 4.57 Å². The molecule has 2 bridgehead atoms. The first-order chi connectivity index (χ1) is 21.3. The van der Waals surface area contributed by atoms with Crippen LogP contribution < -0.4 is 18.8 Å². The Balaban J connectivity index is 1.42. The normalized spacial score (nSPS) is 23.4. The van der Waals surface area contributed by atoms with Gasteiger partial charge in [0.05, 0.1) is 39.8 Å². The Morgan fingerprint density at radius 1 is 0.932 bits per heavy atom. The molecule has 0 aliphatic carbocycles. The SMILES string of the molecule is C=C[C@H]1C[N@+]2(Cc3cc(OC)ccc3Br)CC[C@H]1C[C@@H]2[C@@H](O)c1cc[n+](Cc2cc(OC)ccc2Br)c2ccc(OC)cc12. The van der Waals surface area contributed by atoms with Crippen molar-refractivity contribution in [3.05, 3.63) is 105 Å². The molecule has 3 aliphatic heterocycles. The van der Waals surface area contributed by atoms with Crippen molar-refractivity contribution in [2.24, 2.45) is 11.8 Å². The molecule has 1 aromatic heterocycles. The number of rotatable bonds is 10. The summed E-state index contributed by atoms with van der Waals surface area (Å²) in [4.78, 5) is 0. The number of piperidine rings is 3. The van der Waals surface area contributed by atoms with Crippen LogP contribution in [-0.2, 0) is 13.1 Å². The molecule has 44 heavy (non-hydrogen) atoms. The molecule has 0 radical (unpaired) electrons. The second-order valence-corrected chi connectivity index (χ2v) is 13.9. The van der Waals surface area contributed by atoms with Gasteiger partial charge in [0.25, 0.3) is 0 Å². The van der Waals surface area contributed by atoms with E-state index in [1.807, 2.05) is 24.3 Å². The van der Waals surface area contributed by atoms with Gasteiger partial charge in [0.1, 0.15) is 35.9 Å². The van der Waals surface area contributed by atoms with Crippen LogP contribution in [0.25, 0.3) is 10.9 Å². The van der Waals surface area contributed by atoms with Gasteiger partial charge < -0.3 is 23.8 Å². The maximum atomic E-state index is 12.4. The van der Waals surface area contributed by atoms with Crippen molar-refractivity contribution >= 4 is 42.8 Å². The van der Waals surface area contributed by atoms with E-state index in [4.69, 9.17) is 14.2 Å². The van der Waals surface area contributed by atoms with Crippen LogP contribution in [0.1, 0.15) is 35.6 Å². The third-order valence-corrected chi connectivity index (χ3v) is 11.5. The summed E-state index contributed by atoms with van der Waals surface area (Å²) in [5.41, 5.74) is 4.29. The molecule has 8 heteroatoms. The van der Waals surface area contributed by atoms with Crippen LogP contribution in [0.2, 0.25) is 0 Å². The number of quaternary nitrogens is 1. The molecule has 5 atom stereocenters. The average molecular weight is 725 g/mol. The first-order valence-electron chi connectivity index (χ1n) is 15.1. The Bertz CT molecular complexity index is 1690. The topological polar surface area (TPSA) is 51.8 Å². The van der Waals surface area contributed by atoms with E-state index in [1.165, 1.54) is 5.56 Å². The maximum absolute atomic E-state index is 12.4. The molecule has 6 nitrogen and oxygen atoms in total. The van der Waals surface area contributed by atoms with E-state index in [-0.39, 0.29) is 6.04 Å². The van der Waals surface area contributed by atoms with Gasteiger partial charge in [0, 0.05) is 56.5 Å². The summed E-state index contributed by atoms with van der Waals surface area (Å²) in [5, 5.41) is 13.4. The Morgan fingerprint density at radius 3 is 2.25 bits per heavy atom. The van der Waals surface area contributed by atoms with Crippen molar-refractivity contribution in [1.82, 2.24) is 0 Å². The van der Waals surface area contributed by atoms with Gasteiger partial charge in [-0.25, -0.2) is 0 Å². The van der Waals surface area contributed by atoms with E-state index < -0.39 is 6.10 Å². The lowest BCUT2D eigenvalue weighted by Crippen LogP contribution is -2.67. The number of methoxy groups -OCH3 is 3. The predicted molar refractivity (Wildman–Crippen MR) is 180 cm³/mol. The van der Waals surface area contributed by atoms with Crippen LogP contribution in [0.3, 0.4) is 0 Å². The zero-order valence-corrected chi connectivity index (χ0v) is 28.7. The Labute approximate surface area is 276 Å². The molecule has 0 amide bonds. The maximum Gasteiger partial charge on any atom is 0.213 e. The molecule has 3 aliphatic rings. The Morgan fingerprint density at radius 2 is 1.57 bits per heavy atom. The minimum absolute atomic E-state index is 0.0424. The minimum Gasteiger partial charge on any atom is -0.497 e. The number of hydrogen-bond acceptors (Lipinski definition) is 4. The fourth-order valence-corrected chi connectivity index (χ4v) is 8.31. The number of fused-ring (bicyclic) bond motifs is 4. The highest BCUT2D eigenvalue weighted by atomic mass is 79.9. The summed E-state index contributed by atoms with van der Waals surface area (Å²) < 4.78 is 21.9. The number of halogens is 2. The van der Waals surface area contributed by atoms with Gasteiger partial charge in [-0.15, -0.1) is 6.58 Å². The number of aromatic nitrogens is 1. The van der Waals surface area contributed by atoms with Crippen molar-refractivity contribution in [3.8, 4) is 17.2 Å². The number of pyridine rings is 1. The quantitative estimate of drug-likeness (QED) is 0.106. The number of ether oxygens (including phenoxy) is 3. The second kappa shape index (κ2) is 12.8. The Hall–Kier alpha value is -2.91. The van der Waals surface area contributed by atoms with Crippen LogP contribution in [0.5, 0.6) is 17.2 Å². The number of nitrogens with zero attached hydrogens (tertiary/aromatic N) is 2. The summed E-state index contributed by atoms with van der Waals surface area (Å²) in [5.74, 6) is 3.40. The van der Waals surface area contributed by atoms with Gasteiger partial charge in [-0.1, -0.05) is 37.9 Å². The van der Waals surface area contributed by atoms with Crippen LogP contribution >= 0.6 is 31.9 Å². The van der Waals surface area contributed by atoms with Crippen LogP contribution in [-0.4, -0.2) is 50.1 Å². The van der Waals surface area contributed by atoms with Gasteiger partial charge >= 0.3 is 0 Å². The number of aliphatic hydroxyl groups is 1. The summed E-state index contributed by atoms with van der Waals surface area (Å²) in [7, 11) is 5.08. The molecule has 0 saturated carbocycles. The van der Waals surface area contributed by atoms with Gasteiger partial charge in [0.2, 0.25) is 5.52 Å². The fourth-order valence-electron chi connectivity index (χ4n) is 7.57. The molecule has 0 spiro atoms. The zero-order chi connectivity index (χ0) is 31.0. The van der Waals surface area contributed by atoms with Crippen molar-refractivity contribution in [1.29, 1.82) is 0 Å². The van der Waals surface area contributed by atoms with E-state index in [0.29, 0.717) is 18.4 Å². The van der Waals surface area contributed by atoms with Gasteiger partial charge in [-0.05, 0) is 54.4 Å². The molecule has 1 N–H and O–H groups in total. The molecule has 3 saturated heterocycles. The third-order valence-electron chi connectivity index (χ3n) is 9.95. The van der Waals surface area contributed by atoms with Crippen LogP contribution in [0, 0.1) is 11.8 Å². The minimum atomic E-state index is -0.652. The Kier molecular flexibility index (Phi) is 9.07. The van der Waals surface area contributed by atoms with Crippen molar-refractivity contribution in [3.63, 3.8) is 0 Å². The third kappa shape index (κ3) is 5.78. The standard InChI is InChI=1S/C36H40Br2N2O4/c1-5-23-21-40(22-26-17-28(43-3)7-10-33(26)38)15-13-24(23)18-35(40)36(41)30-12-14-39(34-11-8-29(44-4)19-31(30)34)20-25-16-27(42-2)6-9-32(25)37/h5-12,14,16-17,19,23-24,35-36,41H,1,13,15,18,20-22H2,2-4H3/q+2/t23-,24-,35+,36-,40-/m0/s1. The van der Waals surface area contributed by atoms with E-state index in [0.717, 1.165) is 85.2 Å². The van der Waals surface area contributed by atoms with Crippen molar-refractivity contribution in [2.45, 2.75) is 38.1 Å². The number of aliphatic hydroxyl groups excluding tert-OH is 1. The molecule has 4 aromatic rings. The summed E-state index contributed by atoms with van der Waals surface area (Å²) in [6.07, 6.45) is 5.69. The first kappa shape index (κ1) is 31.1. The molecular formula is C36H40Br2N2O4+2. The van der Waals surface area contributed by atoms with Crippen LogP contribution in [0.15, 0.2) is 88.5 Å². The molecule has 7 rings (SSSR count). The van der Waals surface area contributed by atoms with E-state index in [1.54, 1.807) is 21.3 Å².